The van der Waals surface area contributed by atoms with E-state index >= 15 is 0 Å². The van der Waals surface area contributed by atoms with Gasteiger partial charge in [0.05, 0.1) is 0 Å². The molecule has 0 amide bonds. The lowest BCUT2D eigenvalue weighted by Crippen LogP contribution is -2.38. The predicted octanol–water partition coefficient (Wildman–Crippen LogP) is 5.67. The van der Waals surface area contributed by atoms with Crippen LogP contribution in [0.15, 0.2) is 73.1 Å². The predicted molar refractivity (Wildman–Crippen MR) is 116 cm³/mol. The molecule has 30 heavy (non-hydrogen) atoms. The molecule has 0 bridgehead atoms. The maximum absolute atomic E-state index is 13.8. The second-order valence-corrected chi connectivity index (χ2v) is 8.53. The molecule has 3 heteroatoms. The van der Waals surface area contributed by atoms with Gasteiger partial charge in [-0.25, -0.2) is 4.39 Å². The van der Waals surface area contributed by atoms with Crippen LogP contribution in [-0.4, -0.2) is 5.78 Å². The Morgan fingerprint density at radius 3 is 2.67 bits per heavy atom. The number of benzene rings is 2. The molecule has 0 radical (unpaired) electrons. The number of aryl methyl sites for hydroxylation is 1. The summed E-state index contributed by atoms with van der Waals surface area (Å²) in [5.74, 6) is -0.326. The normalized spacial score (nSPS) is 21.0. The fourth-order valence-corrected chi connectivity index (χ4v) is 5.05. The monoisotopic (exact) mass is 398 g/mol. The van der Waals surface area contributed by atoms with Crippen molar-refractivity contribution < 1.29 is 13.8 Å². The lowest BCUT2D eigenvalue weighted by molar-refractivity contribution is -0.710. The van der Waals surface area contributed by atoms with E-state index in [1.807, 2.05) is 6.07 Å². The molecular weight excluding hydrogens is 373 g/mol. The molecule has 0 N–H and O–H groups in total. The number of nitrogens with zero attached hydrogens (tertiary/aromatic N) is 1. The summed E-state index contributed by atoms with van der Waals surface area (Å²) in [6, 6.07) is 17.5. The van der Waals surface area contributed by atoms with Gasteiger partial charge in [-0.05, 0) is 48.6 Å². The van der Waals surface area contributed by atoms with Crippen molar-refractivity contribution in [1.29, 1.82) is 0 Å². The number of rotatable bonds is 3. The molecule has 0 spiro atoms. The maximum Gasteiger partial charge on any atom is 0.180 e. The molecule has 150 valence electrons. The number of aromatic nitrogens is 1. The summed E-state index contributed by atoms with van der Waals surface area (Å²) >= 11 is 0. The van der Waals surface area contributed by atoms with Gasteiger partial charge in [-0.3, -0.25) is 4.79 Å². The van der Waals surface area contributed by atoms with Gasteiger partial charge in [0, 0.05) is 41.5 Å². The van der Waals surface area contributed by atoms with Crippen molar-refractivity contribution in [2.45, 2.75) is 38.6 Å². The van der Waals surface area contributed by atoms with Crippen LogP contribution in [0.2, 0.25) is 0 Å². The molecule has 2 aliphatic carbocycles. The van der Waals surface area contributed by atoms with Gasteiger partial charge < -0.3 is 0 Å². The largest absolute Gasteiger partial charge is 0.294 e. The van der Waals surface area contributed by atoms with E-state index in [1.54, 1.807) is 6.07 Å². The average Bonchev–Trinajstić information content (AvgIpc) is 3.10. The van der Waals surface area contributed by atoms with E-state index < -0.39 is 0 Å². The van der Waals surface area contributed by atoms with Gasteiger partial charge in [0.25, 0.3) is 0 Å². The highest BCUT2D eigenvalue weighted by Crippen LogP contribution is 2.44. The van der Waals surface area contributed by atoms with E-state index in [4.69, 9.17) is 0 Å². The van der Waals surface area contributed by atoms with Crippen molar-refractivity contribution >= 4 is 11.4 Å². The smallest absolute Gasteiger partial charge is 0.180 e. The van der Waals surface area contributed by atoms with E-state index in [1.165, 1.54) is 34.4 Å². The lowest BCUT2D eigenvalue weighted by Gasteiger charge is -2.27. The third-order valence-electron chi connectivity index (χ3n) is 6.79. The molecule has 0 aliphatic heterocycles. The fourth-order valence-electron chi connectivity index (χ4n) is 5.05. The summed E-state index contributed by atoms with van der Waals surface area (Å²) in [7, 11) is 0. The molecule has 2 nitrogen and oxygen atoms in total. The standard InChI is InChI=1S/C27H25FNO/c1-17-14-25(23-11-9-20-8-10-21(28)15-24(20)27(23)30)22-12-13-29(16-26(17)22)18(2)19-6-4-3-5-7-19/h3-8,10,12-16,18,23,25H,9,11H2,1-2H3/q+1. The number of carbonyl (C=O) groups excluding carboxylic acids is 1. The molecule has 3 atom stereocenters. The summed E-state index contributed by atoms with van der Waals surface area (Å²) in [4.78, 5) is 13.2. The first kappa shape index (κ1) is 18.9. The Bertz CT molecular complexity index is 1160. The SMILES string of the molecule is CC1=CC(C2CCc3ccc(F)cc3C2=O)c2cc[n+](C(C)c3ccccc3)cc21. The number of ketones is 1. The van der Waals surface area contributed by atoms with Gasteiger partial charge in [0.2, 0.25) is 0 Å². The van der Waals surface area contributed by atoms with E-state index in [0.717, 1.165) is 18.4 Å². The van der Waals surface area contributed by atoms with Crippen LogP contribution in [0.25, 0.3) is 5.57 Å². The molecule has 2 aliphatic rings. The fraction of sp³-hybridized carbons (Fsp3) is 0.259. The molecule has 5 rings (SSSR count). The highest BCUT2D eigenvalue weighted by Gasteiger charge is 2.38. The van der Waals surface area contributed by atoms with E-state index in [9.17, 15) is 9.18 Å². The molecular formula is C27H25FNO+. The van der Waals surface area contributed by atoms with E-state index in [2.05, 4.69) is 67.2 Å². The Hall–Kier alpha value is -3.07. The van der Waals surface area contributed by atoms with Crippen molar-refractivity contribution in [3.05, 3.63) is 107 Å². The zero-order valence-electron chi connectivity index (χ0n) is 17.3. The zero-order chi connectivity index (χ0) is 20.8. The first-order valence-corrected chi connectivity index (χ1v) is 10.6. The van der Waals surface area contributed by atoms with Crippen molar-refractivity contribution in [3.63, 3.8) is 0 Å². The van der Waals surface area contributed by atoms with Crippen LogP contribution in [0.3, 0.4) is 0 Å². The Kier molecular flexibility index (Phi) is 4.62. The number of hydrogen-bond acceptors (Lipinski definition) is 1. The quantitative estimate of drug-likeness (QED) is 0.521. The number of hydrogen-bond donors (Lipinski definition) is 0. The van der Waals surface area contributed by atoms with Gasteiger partial charge in [-0.1, -0.05) is 42.5 Å². The highest BCUT2D eigenvalue weighted by atomic mass is 19.1. The summed E-state index contributed by atoms with van der Waals surface area (Å²) in [6.45, 7) is 4.32. The van der Waals surface area contributed by atoms with Crippen molar-refractivity contribution in [1.82, 2.24) is 0 Å². The number of carbonyl (C=O) groups is 1. The zero-order valence-corrected chi connectivity index (χ0v) is 17.3. The Morgan fingerprint density at radius 2 is 1.87 bits per heavy atom. The molecule has 2 aromatic carbocycles. The number of pyridine rings is 1. The molecule has 3 unspecified atom stereocenters. The second-order valence-electron chi connectivity index (χ2n) is 8.53. The number of allylic oxidation sites excluding steroid dienone is 2. The van der Waals surface area contributed by atoms with Crippen LogP contribution in [0.4, 0.5) is 4.39 Å². The van der Waals surface area contributed by atoms with Crippen LogP contribution >= 0.6 is 0 Å². The topological polar surface area (TPSA) is 20.9 Å². The minimum Gasteiger partial charge on any atom is -0.294 e. The summed E-state index contributed by atoms with van der Waals surface area (Å²) in [5, 5.41) is 0. The summed E-state index contributed by atoms with van der Waals surface area (Å²) < 4.78 is 16.0. The minimum atomic E-state index is -0.336. The first-order valence-electron chi connectivity index (χ1n) is 10.6. The van der Waals surface area contributed by atoms with Gasteiger partial charge in [0.1, 0.15) is 5.82 Å². The molecule has 0 saturated heterocycles. The molecule has 1 heterocycles. The van der Waals surface area contributed by atoms with Crippen LogP contribution in [0.1, 0.15) is 64.8 Å². The number of Topliss-reactive ketones (excluding diaryl/α,β-unsaturated/α-hetero) is 1. The highest BCUT2D eigenvalue weighted by molar-refractivity contribution is 6.01. The number of halogens is 1. The van der Waals surface area contributed by atoms with Gasteiger partial charge >= 0.3 is 0 Å². The van der Waals surface area contributed by atoms with Gasteiger partial charge in [-0.2, -0.15) is 4.57 Å². The van der Waals surface area contributed by atoms with Crippen LogP contribution in [0.5, 0.6) is 0 Å². The van der Waals surface area contributed by atoms with Gasteiger partial charge in [0.15, 0.2) is 24.2 Å². The summed E-state index contributed by atoms with van der Waals surface area (Å²) in [5.41, 5.74) is 6.43. The Balaban J connectivity index is 1.48. The minimum absolute atomic E-state index is 0.0607. The van der Waals surface area contributed by atoms with Crippen LogP contribution in [-0.2, 0) is 6.42 Å². The van der Waals surface area contributed by atoms with Crippen LogP contribution in [0, 0.1) is 11.7 Å². The Morgan fingerprint density at radius 1 is 1.07 bits per heavy atom. The van der Waals surface area contributed by atoms with Crippen molar-refractivity contribution in [2.75, 3.05) is 0 Å². The van der Waals surface area contributed by atoms with Crippen LogP contribution < -0.4 is 4.57 Å². The van der Waals surface area contributed by atoms with E-state index in [0.29, 0.717) is 5.56 Å². The number of fused-ring (bicyclic) bond motifs is 2. The van der Waals surface area contributed by atoms with Gasteiger partial charge in [-0.15, -0.1) is 0 Å². The lowest BCUT2D eigenvalue weighted by atomic mass is 9.74. The third-order valence-corrected chi connectivity index (χ3v) is 6.79. The second kappa shape index (κ2) is 7.32. The molecule has 3 aromatic rings. The molecule has 0 fully saturated rings. The van der Waals surface area contributed by atoms with Crippen molar-refractivity contribution in [2.24, 2.45) is 5.92 Å². The third kappa shape index (κ3) is 3.09. The average molecular weight is 399 g/mol. The first-order chi connectivity index (χ1) is 14.5. The van der Waals surface area contributed by atoms with E-state index in [-0.39, 0.29) is 29.5 Å². The summed E-state index contributed by atoms with van der Waals surface area (Å²) in [6.07, 6.45) is 8.19. The van der Waals surface area contributed by atoms with Crippen molar-refractivity contribution in [3.8, 4) is 0 Å². The maximum atomic E-state index is 13.8. The molecule has 0 saturated carbocycles. The Labute approximate surface area is 176 Å². The molecule has 1 aromatic heterocycles.